The minimum Gasteiger partial charge on any atom is -0.507 e. The summed E-state index contributed by atoms with van der Waals surface area (Å²) in [5.74, 6) is 1.73. The molecule has 0 radical (unpaired) electrons. The first-order valence-corrected chi connectivity index (χ1v) is 11.6. The predicted octanol–water partition coefficient (Wildman–Crippen LogP) is 3.80. The molecule has 0 aliphatic carbocycles. The van der Waals surface area contributed by atoms with Crippen LogP contribution in [-0.2, 0) is 16.1 Å². The normalized spacial score (nSPS) is 16.7. The summed E-state index contributed by atoms with van der Waals surface area (Å²) in [5.41, 5.74) is 0.616. The van der Waals surface area contributed by atoms with Gasteiger partial charge < -0.3 is 14.7 Å². The topological polar surface area (TPSA) is 80.5 Å². The Morgan fingerprint density at radius 1 is 1.26 bits per heavy atom. The van der Waals surface area contributed by atoms with E-state index in [4.69, 9.17) is 4.74 Å². The largest absolute Gasteiger partial charge is 0.507 e. The maximum absolute atomic E-state index is 12.7. The second kappa shape index (κ2) is 9.70. The third-order valence-corrected chi connectivity index (χ3v) is 6.63. The number of amides is 1. The summed E-state index contributed by atoms with van der Waals surface area (Å²) in [6.07, 6.45) is 2.24. The monoisotopic (exact) mass is 440 g/mol. The minimum absolute atomic E-state index is 0.132. The molecule has 1 aliphatic heterocycles. The van der Waals surface area contributed by atoms with Gasteiger partial charge in [0.25, 0.3) is 0 Å². The number of nitrogens with zero attached hydrogens (tertiary/aromatic N) is 4. The maximum atomic E-state index is 12.7. The summed E-state index contributed by atoms with van der Waals surface area (Å²) in [7, 11) is 1.64. The second-order valence-electron chi connectivity index (χ2n) is 8.04. The number of piperidine rings is 1. The van der Waals surface area contributed by atoms with Crippen LogP contribution in [-0.4, -0.2) is 63.2 Å². The lowest BCUT2D eigenvalue weighted by Gasteiger charge is -2.30. The molecule has 7 nitrogen and oxygen atoms in total. The van der Waals surface area contributed by atoms with E-state index in [9.17, 15) is 9.90 Å². The molecular weight excluding hydrogens is 412 g/mol. The fraction of sp³-hybridized carbons (Fsp3) is 0.435. The van der Waals surface area contributed by atoms with Gasteiger partial charge in [-0.05, 0) is 41.7 Å². The number of carbonyl (C=O) groups is 1. The van der Waals surface area contributed by atoms with Gasteiger partial charge in [-0.15, -0.1) is 10.2 Å². The third kappa shape index (κ3) is 4.85. The van der Waals surface area contributed by atoms with Crippen molar-refractivity contribution in [2.45, 2.75) is 31.5 Å². The number of carbonyl (C=O) groups excluding carboxylic acids is 1. The Hall–Kier alpha value is -2.58. The molecule has 1 atom stereocenters. The van der Waals surface area contributed by atoms with E-state index in [0.29, 0.717) is 41.4 Å². The Balaban J connectivity index is 1.59. The Bertz CT molecular complexity index is 1070. The highest BCUT2D eigenvalue weighted by molar-refractivity contribution is 7.99. The number of methoxy groups -OCH3 is 1. The highest BCUT2D eigenvalue weighted by atomic mass is 32.2. The highest BCUT2D eigenvalue weighted by Crippen LogP contribution is 2.34. The first-order valence-electron chi connectivity index (χ1n) is 10.6. The Morgan fingerprint density at radius 3 is 2.77 bits per heavy atom. The molecule has 4 rings (SSSR count). The summed E-state index contributed by atoms with van der Waals surface area (Å²) in [5, 5.41) is 22.0. The lowest BCUT2D eigenvalue weighted by atomic mass is 10.0. The SMILES string of the molecule is COCCn1c(SCC(=O)N2CCC[C@H](C)C2)nnc1-c1cc2ccccc2cc1O. The molecule has 2 heterocycles. The zero-order chi connectivity index (χ0) is 21.8. The molecule has 0 spiro atoms. The zero-order valence-electron chi connectivity index (χ0n) is 18.0. The smallest absolute Gasteiger partial charge is 0.233 e. The lowest BCUT2D eigenvalue weighted by Crippen LogP contribution is -2.40. The van der Waals surface area contributed by atoms with Gasteiger partial charge in [-0.3, -0.25) is 9.36 Å². The van der Waals surface area contributed by atoms with Crippen LogP contribution < -0.4 is 0 Å². The number of likely N-dealkylation sites (tertiary alicyclic amines) is 1. The average molecular weight is 441 g/mol. The number of rotatable bonds is 7. The van der Waals surface area contributed by atoms with Gasteiger partial charge in [0.15, 0.2) is 11.0 Å². The van der Waals surface area contributed by atoms with Crippen molar-refractivity contribution in [2.24, 2.45) is 5.92 Å². The van der Waals surface area contributed by atoms with E-state index in [1.807, 2.05) is 39.8 Å². The number of benzene rings is 2. The van der Waals surface area contributed by atoms with Crippen LogP contribution in [0.5, 0.6) is 5.75 Å². The molecule has 2 aromatic carbocycles. The predicted molar refractivity (Wildman–Crippen MR) is 122 cm³/mol. The first-order chi connectivity index (χ1) is 15.1. The van der Waals surface area contributed by atoms with Gasteiger partial charge in [-0.1, -0.05) is 43.0 Å². The summed E-state index contributed by atoms with van der Waals surface area (Å²) >= 11 is 1.39. The van der Waals surface area contributed by atoms with E-state index >= 15 is 0 Å². The van der Waals surface area contributed by atoms with Crippen molar-refractivity contribution < 1.29 is 14.6 Å². The molecule has 1 aromatic heterocycles. The molecular formula is C23H28N4O3S. The summed E-state index contributed by atoms with van der Waals surface area (Å²) in [4.78, 5) is 14.7. The van der Waals surface area contributed by atoms with Crippen LogP contribution in [0.2, 0.25) is 0 Å². The number of hydrogen-bond acceptors (Lipinski definition) is 6. The molecule has 0 unspecified atom stereocenters. The second-order valence-corrected chi connectivity index (χ2v) is 8.99. The van der Waals surface area contributed by atoms with E-state index < -0.39 is 0 Å². The van der Waals surface area contributed by atoms with Crippen LogP contribution in [0.15, 0.2) is 41.6 Å². The quantitative estimate of drug-likeness (QED) is 0.563. The molecule has 3 aromatic rings. The summed E-state index contributed by atoms with van der Waals surface area (Å²) in [6.45, 7) is 4.85. The maximum Gasteiger partial charge on any atom is 0.233 e. The van der Waals surface area contributed by atoms with Crippen molar-refractivity contribution >= 4 is 28.4 Å². The number of phenols is 1. The van der Waals surface area contributed by atoms with E-state index in [2.05, 4.69) is 17.1 Å². The standard InChI is InChI=1S/C23H28N4O3S/c1-16-6-5-9-26(14-16)21(29)15-31-23-25-24-22(27(23)10-11-30-2)19-12-17-7-3-4-8-18(17)13-20(19)28/h3-4,7-8,12-13,16,28H,5-6,9-11,14-15H2,1-2H3/t16-/m0/s1. The molecule has 1 N–H and O–H groups in total. The number of fused-ring (bicyclic) bond motifs is 1. The number of aromatic hydroxyl groups is 1. The van der Waals surface area contributed by atoms with Gasteiger partial charge in [-0.25, -0.2) is 0 Å². The molecule has 164 valence electrons. The van der Waals surface area contributed by atoms with Crippen LogP contribution in [0.1, 0.15) is 19.8 Å². The number of thioether (sulfide) groups is 1. The van der Waals surface area contributed by atoms with Gasteiger partial charge in [0.1, 0.15) is 5.75 Å². The number of phenolic OH excluding ortho intramolecular Hbond substituents is 1. The van der Waals surface area contributed by atoms with Crippen LogP contribution in [0.3, 0.4) is 0 Å². The fourth-order valence-corrected chi connectivity index (χ4v) is 4.89. The van der Waals surface area contributed by atoms with Crippen molar-refractivity contribution in [3.63, 3.8) is 0 Å². The first kappa shape index (κ1) is 21.6. The van der Waals surface area contributed by atoms with E-state index in [-0.39, 0.29) is 11.7 Å². The van der Waals surface area contributed by atoms with Crippen molar-refractivity contribution in [1.82, 2.24) is 19.7 Å². The molecule has 31 heavy (non-hydrogen) atoms. The van der Waals surface area contributed by atoms with E-state index in [0.717, 1.165) is 30.3 Å². The van der Waals surface area contributed by atoms with Gasteiger partial charge in [0, 0.05) is 20.2 Å². The molecule has 1 amide bonds. The van der Waals surface area contributed by atoms with Crippen molar-refractivity contribution in [1.29, 1.82) is 0 Å². The zero-order valence-corrected chi connectivity index (χ0v) is 18.8. The van der Waals surface area contributed by atoms with Crippen LogP contribution >= 0.6 is 11.8 Å². The summed E-state index contributed by atoms with van der Waals surface area (Å²) in [6, 6.07) is 11.5. The van der Waals surface area contributed by atoms with Crippen molar-refractivity contribution in [3.05, 3.63) is 36.4 Å². The van der Waals surface area contributed by atoms with Crippen molar-refractivity contribution in [3.8, 4) is 17.1 Å². The van der Waals surface area contributed by atoms with Gasteiger partial charge in [0.2, 0.25) is 5.91 Å². The van der Waals surface area contributed by atoms with Crippen LogP contribution in [0, 0.1) is 5.92 Å². The fourth-order valence-electron chi connectivity index (χ4n) is 4.02. The Morgan fingerprint density at radius 2 is 2.03 bits per heavy atom. The Labute approximate surface area is 186 Å². The molecule has 1 aliphatic rings. The van der Waals surface area contributed by atoms with Gasteiger partial charge in [-0.2, -0.15) is 0 Å². The highest BCUT2D eigenvalue weighted by Gasteiger charge is 2.23. The lowest BCUT2D eigenvalue weighted by molar-refractivity contribution is -0.130. The molecule has 0 bridgehead atoms. The van der Waals surface area contributed by atoms with Crippen LogP contribution in [0.25, 0.3) is 22.2 Å². The van der Waals surface area contributed by atoms with Gasteiger partial charge >= 0.3 is 0 Å². The molecule has 8 heteroatoms. The number of hydrogen-bond donors (Lipinski definition) is 1. The van der Waals surface area contributed by atoms with E-state index in [1.165, 1.54) is 18.2 Å². The number of ether oxygens (including phenoxy) is 1. The van der Waals surface area contributed by atoms with Crippen molar-refractivity contribution in [2.75, 3.05) is 32.6 Å². The third-order valence-electron chi connectivity index (χ3n) is 5.68. The van der Waals surface area contributed by atoms with E-state index in [1.54, 1.807) is 13.2 Å². The minimum atomic E-state index is 0.132. The molecule has 1 saturated heterocycles. The Kier molecular flexibility index (Phi) is 6.77. The molecule has 0 saturated carbocycles. The van der Waals surface area contributed by atoms with Crippen LogP contribution in [0.4, 0.5) is 0 Å². The molecule has 1 fully saturated rings. The summed E-state index contributed by atoms with van der Waals surface area (Å²) < 4.78 is 7.19. The van der Waals surface area contributed by atoms with Gasteiger partial charge in [0.05, 0.1) is 24.5 Å². The average Bonchev–Trinajstić information content (AvgIpc) is 3.17. The number of aromatic nitrogens is 3.